The summed E-state index contributed by atoms with van der Waals surface area (Å²) in [4.78, 5) is 4.79. The standard InChI is InChI=1S/C23H34N6O2/c1-3-24-23(26-15-22-28-27-21-8-4-5-11-29(21)22)25-14-18-10-9-17(2)13-20(18)31-16-19-7-6-12-30-19/h9-10,13,19H,3-8,11-12,14-16H2,1-2H3,(H2,24,25,26). The molecule has 0 saturated carbocycles. The van der Waals surface area contributed by atoms with E-state index >= 15 is 0 Å². The monoisotopic (exact) mass is 426 g/mol. The van der Waals surface area contributed by atoms with Gasteiger partial charge in [-0.1, -0.05) is 12.1 Å². The van der Waals surface area contributed by atoms with Gasteiger partial charge in [-0.05, 0) is 51.2 Å². The zero-order valence-corrected chi connectivity index (χ0v) is 18.7. The molecule has 8 nitrogen and oxygen atoms in total. The maximum absolute atomic E-state index is 6.12. The Labute approximate surface area is 184 Å². The molecule has 0 bridgehead atoms. The van der Waals surface area contributed by atoms with Gasteiger partial charge in [0.05, 0.1) is 19.2 Å². The van der Waals surface area contributed by atoms with Crippen molar-refractivity contribution in [1.29, 1.82) is 0 Å². The van der Waals surface area contributed by atoms with Gasteiger partial charge in [-0.25, -0.2) is 4.99 Å². The van der Waals surface area contributed by atoms with Gasteiger partial charge in [0.1, 0.15) is 18.2 Å². The summed E-state index contributed by atoms with van der Waals surface area (Å²) < 4.78 is 14.0. The molecule has 31 heavy (non-hydrogen) atoms. The maximum atomic E-state index is 6.12. The van der Waals surface area contributed by atoms with Crippen LogP contribution in [0, 0.1) is 6.92 Å². The predicted molar refractivity (Wildman–Crippen MR) is 120 cm³/mol. The van der Waals surface area contributed by atoms with E-state index in [1.54, 1.807) is 0 Å². The van der Waals surface area contributed by atoms with Gasteiger partial charge in [0, 0.05) is 31.7 Å². The van der Waals surface area contributed by atoms with Gasteiger partial charge in [-0.15, -0.1) is 10.2 Å². The quantitative estimate of drug-likeness (QED) is 0.499. The first-order chi connectivity index (χ1) is 15.2. The van der Waals surface area contributed by atoms with Crippen molar-refractivity contribution in [2.75, 3.05) is 19.8 Å². The van der Waals surface area contributed by atoms with Crippen LogP contribution in [0.4, 0.5) is 0 Å². The van der Waals surface area contributed by atoms with Gasteiger partial charge >= 0.3 is 0 Å². The summed E-state index contributed by atoms with van der Waals surface area (Å²) in [6.07, 6.45) is 5.79. The molecule has 0 spiro atoms. The molecule has 2 aliphatic rings. The molecule has 8 heteroatoms. The second-order valence-electron chi connectivity index (χ2n) is 8.25. The molecule has 1 saturated heterocycles. The summed E-state index contributed by atoms with van der Waals surface area (Å²) >= 11 is 0. The van der Waals surface area contributed by atoms with Gasteiger partial charge in [0.2, 0.25) is 0 Å². The average Bonchev–Trinajstić information content (AvgIpc) is 3.45. The van der Waals surface area contributed by atoms with E-state index in [2.05, 4.69) is 57.4 Å². The smallest absolute Gasteiger partial charge is 0.191 e. The second-order valence-corrected chi connectivity index (χ2v) is 8.25. The lowest BCUT2D eigenvalue weighted by molar-refractivity contribution is 0.0676. The molecule has 0 aliphatic carbocycles. The van der Waals surface area contributed by atoms with Crippen LogP contribution in [0.5, 0.6) is 5.75 Å². The number of nitrogens with zero attached hydrogens (tertiary/aromatic N) is 4. The van der Waals surface area contributed by atoms with Crippen molar-refractivity contribution in [2.24, 2.45) is 4.99 Å². The van der Waals surface area contributed by atoms with Crippen molar-refractivity contribution in [2.45, 2.75) is 71.7 Å². The van der Waals surface area contributed by atoms with Gasteiger partial charge < -0.3 is 24.7 Å². The van der Waals surface area contributed by atoms with Crippen molar-refractivity contribution < 1.29 is 9.47 Å². The second kappa shape index (κ2) is 10.6. The maximum Gasteiger partial charge on any atom is 0.191 e. The number of hydrogen-bond donors (Lipinski definition) is 2. The SMILES string of the molecule is CCNC(=NCc1ccc(C)cc1OCC1CCCO1)NCc1nnc2n1CCCC2. The third-order valence-corrected chi connectivity index (χ3v) is 5.77. The molecular formula is C23H34N6O2. The summed E-state index contributed by atoms with van der Waals surface area (Å²) in [6.45, 7) is 8.52. The first kappa shape index (κ1) is 21.6. The van der Waals surface area contributed by atoms with E-state index < -0.39 is 0 Å². The Balaban J connectivity index is 1.40. The third-order valence-electron chi connectivity index (χ3n) is 5.77. The topological polar surface area (TPSA) is 85.6 Å². The Morgan fingerprint density at radius 2 is 2.19 bits per heavy atom. The van der Waals surface area contributed by atoms with E-state index in [-0.39, 0.29) is 6.10 Å². The largest absolute Gasteiger partial charge is 0.491 e. The molecule has 0 radical (unpaired) electrons. The molecule has 1 unspecified atom stereocenters. The van der Waals surface area contributed by atoms with Crippen LogP contribution in [0.1, 0.15) is 55.4 Å². The third kappa shape index (κ3) is 5.76. The molecule has 1 aromatic carbocycles. The molecule has 1 atom stereocenters. The Kier molecular flexibility index (Phi) is 7.40. The van der Waals surface area contributed by atoms with E-state index in [0.717, 1.165) is 67.9 Å². The highest BCUT2D eigenvalue weighted by molar-refractivity contribution is 5.79. The molecule has 3 heterocycles. The van der Waals surface area contributed by atoms with Crippen LogP contribution in [0.15, 0.2) is 23.2 Å². The Morgan fingerprint density at radius 1 is 1.26 bits per heavy atom. The van der Waals surface area contributed by atoms with Gasteiger partial charge in [-0.2, -0.15) is 0 Å². The lowest BCUT2D eigenvalue weighted by Crippen LogP contribution is -2.37. The van der Waals surface area contributed by atoms with Crippen molar-refractivity contribution in [3.05, 3.63) is 41.0 Å². The molecule has 2 aromatic rings. The van der Waals surface area contributed by atoms with Gasteiger partial charge in [-0.3, -0.25) is 0 Å². The first-order valence-electron chi connectivity index (χ1n) is 11.5. The summed E-state index contributed by atoms with van der Waals surface area (Å²) in [5.41, 5.74) is 2.25. The number of aryl methyl sites for hydroxylation is 2. The molecule has 4 rings (SSSR count). The molecule has 2 aliphatic heterocycles. The van der Waals surface area contributed by atoms with Gasteiger partial charge in [0.25, 0.3) is 0 Å². The van der Waals surface area contributed by atoms with E-state index in [0.29, 0.717) is 19.7 Å². The van der Waals surface area contributed by atoms with E-state index in [1.807, 2.05) is 0 Å². The number of aromatic nitrogens is 3. The minimum atomic E-state index is 0.199. The number of aliphatic imine (C=N–C) groups is 1. The minimum Gasteiger partial charge on any atom is -0.491 e. The van der Waals surface area contributed by atoms with Crippen molar-refractivity contribution >= 4 is 5.96 Å². The van der Waals surface area contributed by atoms with Crippen molar-refractivity contribution in [1.82, 2.24) is 25.4 Å². The first-order valence-corrected chi connectivity index (χ1v) is 11.5. The fourth-order valence-electron chi connectivity index (χ4n) is 4.05. The van der Waals surface area contributed by atoms with Crippen LogP contribution in [0.2, 0.25) is 0 Å². The Bertz CT molecular complexity index is 888. The van der Waals surface area contributed by atoms with Crippen LogP contribution < -0.4 is 15.4 Å². The highest BCUT2D eigenvalue weighted by Gasteiger charge is 2.17. The fraction of sp³-hybridized carbons (Fsp3) is 0.609. The minimum absolute atomic E-state index is 0.199. The van der Waals surface area contributed by atoms with Crippen molar-refractivity contribution in [3.8, 4) is 5.75 Å². The number of guanidine groups is 1. The lowest BCUT2D eigenvalue weighted by atomic mass is 10.1. The normalized spacial score (nSPS) is 18.6. The highest BCUT2D eigenvalue weighted by atomic mass is 16.5. The van der Waals surface area contributed by atoms with E-state index in [4.69, 9.17) is 14.5 Å². The molecule has 1 aromatic heterocycles. The summed E-state index contributed by atoms with van der Waals surface area (Å²) in [5, 5.41) is 15.4. The van der Waals surface area contributed by atoms with Crippen LogP contribution in [-0.4, -0.2) is 46.6 Å². The summed E-state index contributed by atoms with van der Waals surface area (Å²) in [7, 11) is 0. The molecular weight excluding hydrogens is 392 g/mol. The van der Waals surface area contributed by atoms with Crippen LogP contribution in [0.3, 0.4) is 0 Å². The fourth-order valence-corrected chi connectivity index (χ4v) is 4.05. The van der Waals surface area contributed by atoms with E-state index in [9.17, 15) is 0 Å². The molecule has 2 N–H and O–H groups in total. The Hall–Kier alpha value is -2.61. The number of fused-ring (bicyclic) bond motifs is 1. The average molecular weight is 427 g/mol. The molecule has 0 amide bonds. The number of rotatable bonds is 8. The number of ether oxygens (including phenoxy) is 2. The van der Waals surface area contributed by atoms with Gasteiger partial charge in [0.15, 0.2) is 11.8 Å². The zero-order valence-electron chi connectivity index (χ0n) is 18.7. The lowest BCUT2D eigenvalue weighted by Gasteiger charge is -2.17. The zero-order chi connectivity index (χ0) is 21.5. The molecule has 168 valence electrons. The highest BCUT2D eigenvalue weighted by Crippen LogP contribution is 2.23. The molecule has 1 fully saturated rings. The van der Waals surface area contributed by atoms with Crippen LogP contribution in [0.25, 0.3) is 0 Å². The van der Waals surface area contributed by atoms with Crippen molar-refractivity contribution in [3.63, 3.8) is 0 Å². The number of benzene rings is 1. The summed E-state index contributed by atoms with van der Waals surface area (Å²) in [6, 6.07) is 6.29. The number of nitrogens with one attached hydrogen (secondary N) is 2. The Morgan fingerprint density at radius 3 is 3.03 bits per heavy atom. The predicted octanol–water partition coefficient (Wildman–Crippen LogP) is 2.74. The number of hydrogen-bond acceptors (Lipinski definition) is 5. The van der Waals surface area contributed by atoms with Crippen LogP contribution >= 0.6 is 0 Å². The van der Waals surface area contributed by atoms with E-state index in [1.165, 1.54) is 18.4 Å². The summed E-state index contributed by atoms with van der Waals surface area (Å²) in [5.74, 6) is 3.72. The van der Waals surface area contributed by atoms with Crippen LogP contribution in [-0.2, 0) is 30.8 Å².